The maximum atomic E-state index is 11.2. The molecule has 0 amide bonds. The lowest BCUT2D eigenvalue weighted by Crippen LogP contribution is -2.10. The second-order valence-corrected chi connectivity index (χ2v) is 2.61. The first kappa shape index (κ1) is 8.57. The van der Waals surface area contributed by atoms with Gasteiger partial charge in [0, 0.05) is 0 Å². The Morgan fingerprint density at radius 1 is 1.57 bits per heavy atom. The van der Waals surface area contributed by atoms with Gasteiger partial charge >= 0.3 is 0 Å². The van der Waals surface area contributed by atoms with Gasteiger partial charge in [0.15, 0.2) is 5.65 Å². The van der Waals surface area contributed by atoms with Crippen LogP contribution in [0.25, 0.3) is 11.2 Å². The molecular formula is C7H7N5O2. The lowest BCUT2D eigenvalue weighted by atomic mass is 10.2. The summed E-state index contributed by atoms with van der Waals surface area (Å²) in [6.07, 6.45) is 1.38. The zero-order chi connectivity index (χ0) is 10.1. The molecule has 4 N–H and O–H groups in total. The lowest BCUT2D eigenvalue weighted by molar-refractivity contribution is 0.0900. The van der Waals surface area contributed by atoms with Gasteiger partial charge in [0.1, 0.15) is 17.8 Å². The molecule has 0 saturated heterocycles. The van der Waals surface area contributed by atoms with Gasteiger partial charge in [-0.15, -0.1) is 0 Å². The summed E-state index contributed by atoms with van der Waals surface area (Å²) in [4.78, 5) is 25.3. The summed E-state index contributed by atoms with van der Waals surface area (Å²) in [5, 5.41) is 8.69. The number of aromatic nitrogens is 4. The Morgan fingerprint density at radius 2 is 2.36 bits per heavy atom. The zero-order valence-electron chi connectivity index (χ0n) is 7.06. The first-order chi connectivity index (χ1) is 6.72. The van der Waals surface area contributed by atoms with E-state index >= 15 is 0 Å². The van der Waals surface area contributed by atoms with Crippen LogP contribution >= 0.6 is 0 Å². The van der Waals surface area contributed by atoms with Crippen molar-refractivity contribution in [1.82, 2.24) is 19.9 Å². The number of rotatable bonds is 2. The van der Waals surface area contributed by atoms with Gasteiger partial charge in [-0.2, -0.15) is 4.98 Å². The molecule has 0 aromatic carbocycles. The van der Waals surface area contributed by atoms with Gasteiger partial charge in [0.25, 0.3) is 0 Å². The molecule has 0 spiro atoms. The number of carbonyl (C=O) groups excluding carboxylic acids is 1. The van der Waals surface area contributed by atoms with Crippen LogP contribution in [0.2, 0.25) is 0 Å². The number of nitrogens with zero attached hydrogens (tertiary/aromatic N) is 3. The number of nitrogen functional groups attached to an aromatic ring is 1. The minimum atomic E-state index is -0.620. The van der Waals surface area contributed by atoms with Crippen molar-refractivity contribution in [2.24, 2.45) is 0 Å². The Hall–Kier alpha value is -2.02. The van der Waals surface area contributed by atoms with E-state index in [-0.39, 0.29) is 11.6 Å². The molecule has 0 bridgehead atoms. The Morgan fingerprint density at radius 3 is 3.07 bits per heavy atom. The molecule has 2 aromatic rings. The fraction of sp³-hybridized carbons (Fsp3) is 0.143. The summed E-state index contributed by atoms with van der Waals surface area (Å²) in [5.41, 5.74) is 6.13. The van der Waals surface area contributed by atoms with E-state index in [1.165, 1.54) is 6.33 Å². The third kappa shape index (κ3) is 1.19. The van der Waals surface area contributed by atoms with Gasteiger partial charge in [-0.25, -0.2) is 9.97 Å². The molecule has 0 unspecified atom stereocenters. The smallest absolute Gasteiger partial charge is 0.222 e. The minimum absolute atomic E-state index is 0.0404. The van der Waals surface area contributed by atoms with Crippen molar-refractivity contribution in [3.63, 3.8) is 0 Å². The largest absolute Gasteiger partial charge is 0.388 e. The number of aliphatic hydroxyl groups is 1. The van der Waals surface area contributed by atoms with Crippen LogP contribution in [0.5, 0.6) is 0 Å². The van der Waals surface area contributed by atoms with Crippen LogP contribution in [0.3, 0.4) is 0 Å². The molecule has 0 fully saturated rings. The number of nitrogens with two attached hydrogens (primary N) is 1. The highest BCUT2D eigenvalue weighted by atomic mass is 16.3. The topological polar surface area (TPSA) is 118 Å². The maximum Gasteiger partial charge on any atom is 0.222 e. The van der Waals surface area contributed by atoms with Crippen molar-refractivity contribution in [2.75, 3.05) is 12.3 Å². The molecule has 0 saturated carbocycles. The second kappa shape index (κ2) is 3.04. The predicted octanol–water partition coefficient (Wildman–Crippen LogP) is -0.890. The number of imidazole rings is 1. The summed E-state index contributed by atoms with van der Waals surface area (Å²) in [6, 6.07) is 0. The quantitative estimate of drug-likeness (QED) is 0.532. The van der Waals surface area contributed by atoms with Crippen LogP contribution in [0, 0.1) is 0 Å². The summed E-state index contributed by atoms with van der Waals surface area (Å²) >= 11 is 0. The first-order valence-corrected chi connectivity index (χ1v) is 3.83. The summed E-state index contributed by atoms with van der Waals surface area (Å²) in [5.74, 6) is -0.560. The number of ketones is 1. The number of aliphatic hydroxyl groups excluding tert-OH is 1. The Balaban J connectivity index is 2.72. The van der Waals surface area contributed by atoms with E-state index in [1.54, 1.807) is 0 Å². The van der Waals surface area contributed by atoms with Crippen LogP contribution in [-0.4, -0.2) is 37.4 Å². The van der Waals surface area contributed by atoms with Gasteiger partial charge in [0.2, 0.25) is 11.7 Å². The number of aromatic amines is 1. The third-order valence-electron chi connectivity index (χ3n) is 1.71. The predicted molar refractivity (Wildman–Crippen MR) is 47.5 cm³/mol. The molecule has 0 aliphatic carbocycles. The van der Waals surface area contributed by atoms with Crippen molar-refractivity contribution in [2.45, 2.75) is 0 Å². The monoisotopic (exact) mass is 193 g/mol. The first-order valence-electron chi connectivity index (χ1n) is 3.83. The molecule has 2 rings (SSSR count). The fourth-order valence-electron chi connectivity index (χ4n) is 1.13. The van der Waals surface area contributed by atoms with E-state index in [1.807, 2.05) is 0 Å². The molecule has 2 heterocycles. The van der Waals surface area contributed by atoms with E-state index in [0.29, 0.717) is 11.2 Å². The average molecular weight is 193 g/mol. The summed E-state index contributed by atoms with van der Waals surface area (Å²) in [6.45, 7) is -0.620. The van der Waals surface area contributed by atoms with Crippen LogP contribution < -0.4 is 5.73 Å². The molecule has 0 radical (unpaired) electrons. The number of hydrogen-bond acceptors (Lipinski definition) is 6. The molecular weight excluding hydrogens is 186 g/mol. The Bertz CT molecular complexity index is 492. The van der Waals surface area contributed by atoms with E-state index in [9.17, 15) is 4.79 Å². The van der Waals surface area contributed by atoms with Crippen molar-refractivity contribution < 1.29 is 9.90 Å². The van der Waals surface area contributed by atoms with E-state index in [4.69, 9.17) is 10.8 Å². The van der Waals surface area contributed by atoms with Crippen molar-refractivity contribution in [1.29, 1.82) is 0 Å². The number of nitrogens with one attached hydrogen (secondary N) is 1. The molecule has 2 aromatic heterocycles. The highest BCUT2D eigenvalue weighted by molar-refractivity contribution is 6.04. The highest BCUT2D eigenvalue weighted by Gasteiger charge is 2.14. The number of H-pyrrole nitrogens is 1. The maximum absolute atomic E-state index is 11.2. The van der Waals surface area contributed by atoms with Gasteiger partial charge in [-0.1, -0.05) is 0 Å². The molecule has 7 nitrogen and oxygen atoms in total. The van der Waals surface area contributed by atoms with Crippen LogP contribution in [0.1, 0.15) is 10.5 Å². The lowest BCUT2D eigenvalue weighted by Gasteiger charge is -1.98. The number of hydrogen-bond donors (Lipinski definition) is 3. The number of fused-ring (bicyclic) bond motifs is 1. The molecule has 0 aliphatic heterocycles. The van der Waals surface area contributed by atoms with Crippen LogP contribution in [0.4, 0.5) is 5.95 Å². The number of carbonyl (C=O) groups is 1. The van der Waals surface area contributed by atoms with E-state index < -0.39 is 12.4 Å². The molecule has 14 heavy (non-hydrogen) atoms. The average Bonchev–Trinajstić information content (AvgIpc) is 2.62. The third-order valence-corrected chi connectivity index (χ3v) is 1.71. The number of anilines is 1. The summed E-state index contributed by atoms with van der Waals surface area (Å²) in [7, 11) is 0. The normalized spacial score (nSPS) is 10.6. The van der Waals surface area contributed by atoms with Gasteiger partial charge in [0.05, 0.1) is 6.33 Å². The van der Waals surface area contributed by atoms with Gasteiger partial charge < -0.3 is 15.8 Å². The van der Waals surface area contributed by atoms with E-state index in [2.05, 4.69) is 19.9 Å². The fourth-order valence-corrected chi connectivity index (χ4v) is 1.13. The standard InChI is InChI=1S/C7H7N5O2/c8-7-11-4(3(14)1-13)5-6(12-7)10-2-9-5/h2,13H,1H2,(H3,8,9,10,11,12). The Labute approximate surface area is 78.0 Å². The highest BCUT2D eigenvalue weighted by Crippen LogP contribution is 2.12. The molecule has 72 valence electrons. The van der Waals surface area contributed by atoms with Crippen molar-refractivity contribution in [3.05, 3.63) is 12.0 Å². The SMILES string of the molecule is Nc1nc(C(=O)CO)c2[nH]cnc2n1. The molecule has 0 atom stereocenters. The molecule has 7 heteroatoms. The zero-order valence-corrected chi connectivity index (χ0v) is 7.06. The van der Waals surface area contributed by atoms with Crippen LogP contribution in [-0.2, 0) is 0 Å². The number of Topliss-reactive ketones (excluding diaryl/α,β-unsaturated/α-hetero) is 1. The Kier molecular flexibility index (Phi) is 1.86. The van der Waals surface area contributed by atoms with Crippen LogP contribution in [0.15, 0.2) is 6.33 Å². The summed E-state index contributed by atoms with van der Waals surface area (Å²) < 4.78 is 0. The molecule has 0 aliphatic rings. The van der Waals surface area contributed by atoms with Crippen molar-refractivity contribution in [3.8, 4) is 0 Å². The van der Waals surface area contributed by atoms with E-state index in [0.717, 1.165) is 0 Å². The van der Waals surface area contributed by atoms with Gasteiger partial charge in [-0.3, -0.25) is 4.79 Å². The minimum Gasteiger partial charge on any atom is -0.388 e. The van der Waals surface area contributed by atoms with Crippen molar-refractivity contribution >= 4 is 22.9 Å². The second-order valence-electron chi connectivity index (χ2n) is 2.61. The van der Waals surface area contributed by atoms with Gasteiger partial charge in [-0.05, 0) is 0 Å².